The number of anilines is 1. The minimum absolute atomic E-state index is 0.0793. The van der Waals surface area contributed by atoms with E-state index in [0.29, 0.717) is 22.6 Å². The SMILES string of the molecule is CC(C)(C)CC(CNc1cccc(SNC(=O)c2ccc(C(C)(C)C)nc2F)n1)CC1CNC(C)(C)C1. The van der Waals surface area contributed by atoms with Gasteiger partial charge in [0.05, 0.1) is 5.56 Å². The van der Waals surface area contributed by atoms with Gasteiger partial charge in [-0.05, 0) is 81.2 Å². The second-order valence-electron chi connectivity index (χ2n) is 13.3. The van der Waals surface area contributed by atoms with Gasteiger partial charge in [0.15, 0.2) is 0 Å². The first-order valence-electron chi connectivity index (χ1n) is 13.2. The van der Waals surface area contributed by atoms with Gasteiger partial charge in [0.2, 0.25) is 5.95 Å². The molecular weight excluding hydrogens is 485 g/mol. The molecule has 8 heteroatoms. The third kappa shape index (κ3) is 9.25. The number of hydrogen-bond acceptors (Lipinski definition) is 6. The number of aromatic nitrogens is 2. The second-order valence-corrected chi connectivity index (χ2v) is 14.1. The lowest BCUT2D eigenvalue weighted by atomic mass is 9.79. The van der Waals surface area contributed by atoms with E-state index in [1.807, 2.05) is 39.0 Å². The van der Waals surface area contributed by atoms with E-state index in [9.17, 15) is 9.18 Å². The quantitative estimate of drug-likeness (QED) is 0.251. The fourth-order valence-corrected chi connectivity index (χ4v) is 5.62. The van der Waals surface area contributed by atoms with Crippen molar-refractivity contribution in [2.75, 3.05) is 18.4 Å². The van der Waals surface area contributed by atoms with E-state index in [2.05, 4.69) is 59.9 Å². The van der Waals surface area contributed by atoms with Gasteiger partial charge in [0, 0.05) is 35.1 Å². The first-order valence-corrected chi connectivity index (χ1v) is 14.0. The highest BCUT2D eigenvalue weighted by Crippen LogP contribution is 2.33. The van der Waals surface area contributed by atoms with Gasteiger partial charge in [-0.25, -0.2) is 9.97 Å². The first-order chi connectivity index (χ1) is 17.1. The van der Waals surface area contributed by atoms with Crippen LogP contribution in [0.2, 0.25) is 0 Å². The van der Waals surface area contributed by atoms with Gasteiger partial charge in [-0.1, -0.05) is 47.6 Å². The molecule has 0 bridgehead atoms. The molecule has 2 atom stereocenters. The monoisotopic (exact) mass is 529 g/mol. The minimum Gasteiger partial charge on any atom is -0.370 e. The number of amides is 1. The Labute approximate surface area is 226 Å². The lowest BCUT2D eigenvalue weighted by Gasteiger charge is -2.28. The van der Waals surface area contributed by atoms with Crippen LogP contribution in [0.5, 0.6) is 0 Å². The molecule has 1 aliphatic heterocycles. The van der Waals surface area contributed by atoms with Crippen molar-refractivity contribution in [3.63, 3.8) is 0 Å². The number of carbonyl (C=O) groups is 1. The summed E-state index contributed by atoms with van der Waals surface area (Å²) in [5.41, 5.74) is 0.698. The Hall–Kier alpha value is -2.19. The molecule has 2 aromatic heterocycles. The summed E-state index contributed by atoms with van der Waals surface area (Å²) in [6, 6.07) is 8.86. The Balaban J connectivity index is 1.58. The highest BCUT2D eigenvalue weighted by molar-refractivity contribution is 7.97. The molecule has 1 amide bonds. The van der Waals surface area contributed by atoms with E-state index < -0.39 is 11.9 Å². The van der Waals surface area contributed by atoms with Crippen molar-refractivity contribution in [1.29, 1.82) is 0 Å². The topological polar surface area (TPSA) is 78.9 Å². The minimum atomic E-state index is -0.764. The Bertz CT molecular complexity index is 1080. The van der Waals surface area contributed by atoms with Crippen LogP contribution in [0.25, 0.3) is 0 Å². The van der Waals surface area contributed by atoms with Crippen LogP contribution in [0.1, 0.15) is 90.7 Å². The number of pyridine rings is 2. The zero-order chi connectivity index (χ0) is 27.4. The largest absolute Gasteiger partial charge is 0.370 e. The van der Waals surface area contributed by atoms with Gasteiger partial charge in [-0.3, -0.25) is 9.52 Å². The highest BCUT2D eigenvalue weighted by atomic mass is 32.2. The molecule has 1 aliphatic rings. The summed E-state index contributed by atoms with van der Waals surface area (Å²) in [6.07, 6.45) is 3.51. The molecule has 2 aromatic rings. The van der Waals surface area contributed by atoms with Crippen LogP contribution in [0.3, 0.4) is 0 Å². The van der Waals surface area contributed by atoms with Crippen molar-refractivity contribution < 1.29 is 9.18 Å². The van der Waals surface area contributed by atoms with Crippen LogP contribution in [0.15, 0.2) is 35.4 Å². The van der Waals surface area contributed by atoms with Crippen LogP contribution >= 0.6 is 11.9 Å². The van der Waals surface area contributed by atoms with Gasteiger partial charge >= 0.3 is 0 Å². The van der Waals surface area contributed by atoms with Gasteiger partial charge in [-0.15, -0.1) is 0 Å². The molecule has 0 aromatic carbocycles. The standard InChI is InChI=1S/C29H44FN5OS/c1-27(2,3)15-19(14-20-16-29(7,8)32-18-20)17-31-23-10-9-11-24(34-23)37-35-26(36)21-12-13-22(28(4,5)6)33-25(21)30/h9-13,19-20,32H,14-18H2,1-8H3,(H,31,34)(H,35,36). The van der Waals surface area contributed by atoms with Crippen molar-refractivity contribution in [2.45, 2.75) is 90.6 Å². The smallest absolute Gasteiger partial charge is 0.266 e. The normalized spacial score (nSPS) is 18.5. The average molecular weight is 530 g/mol. The number of nitrogens with one attached hydrogen (secondary N) is 3. The molecule has 3 rings (SSSR count). The summed E-state index contributed by atoms with van der Waals surface area (Å²) in [7, 11) is 0. The Morgan fingerprint density at radius 3 is 2.49 bits per heavy atom. The van der Waals surface area contributed by atoms with E-state index >= 15 is 0 Å². The number of hydrogen-bond donors (Lipinski definition) is 3. The Morgan fingerprint density at radius 1 is 1.16 bits per heavy atom. The molecule has 0 aliphatic carbocycles. The summed E-state index contributed by atoms with van der Waals surface area (Å²) in [6.45, 7) is 19.2. The van der Waals surface area contributed by atoms with Crippen molar-refractivity contribution in [1.82, 2.24) is 20.0 Å². The molecule has 3 heterocycles. The molecule has 0 spiro atoms. The number of halogens is 1. The first kappa shape index (κ1) is 29.4. The van der Waals surface area contributed by atoms with E-state index in [-0.39, 0.29) is 21.9 Å². The lowest BCUT2D eigenvalue weighted by Crippen LogP contribution is -2.31. The number of carbonyl (C=O) groups excluding carboxylic acids is 1. The van der Waals surface area contributed by atoms with Crippen LogP contribution in [0.4, 0.5) is 10.2 Å². The zero-order valence-corrected chi connectivity index (χ0v) is 24.5. The molecule has 0 radical (unpaired) electrons. The third-order valence-electron chi connectivity index (χ3n) is 6.64. The summed E-state index contributed by atoms with van der Waals surface area (Å²) in [4.78, 5) is 21.2. The number of nitrogens with zero attached hydrogens (tertiary/aromatic N) is 2. The predicted octanol–water partition coefficient (Wildman–Crippen LogP) is 6.59. The maximum Gasteiger partial charge on any atom is 0.266 e. The predicted molar refractivity (Wildman–Crippen MR) is 151 cm³/mol. The van der Waals surface area contributed by atoms with Crippen molar-refractivity contribution in [2.24, 2.45) is 17.3 Å². The molecule has 2 unspecified atom stereocenters. The fourth-order valence-electron chi connectivity index (χ4n) is 5.02. The molecule has 3 N–H and O–H groups in total. The van der Waals surface area contributed by atoms with Crippen molar-refractivity contribution >= 4 is 23.7 Å². The zero-order valence-electron chi connectivity index (χ0n) is 23.7. The van der Waals surface area contributed by atoms with Gasteiger partial charge in [-0.2, -0.15) is 4.39 Å². The Morgan fingerprint density at radius 2 is 1.89 bits per heavy atom. The van der Waals surface area contributed by atoms with Crippen LogP contribution in [-0.2, 0) is 5.41 Å². The summed E-state index contributed by atoms with van der Waals surface area (Å²) < 4.78 is 17.2. The summed E-state index contributed by atoms with van der Waals surface area (Å²) >= 11 is 1.07. The van der Waals surface area contributed by atoms with Gasteiger partial charge < -0.3 is 10.6 Å². The van der Waals surface area contributed by atoms with Crippen LogP contribution < -0.4 is 15.4 Å². The Kier molecular flexibility index (Phi) is 9.27. The average Bonchev–Trinajstić information content (AvgIpc) is 3.12. The molecule has 204 valence electrons. The third-order valence-corrected chi connectivity index (χ3v) is 7.37. The van der Waals surface area contributed by atoms with E-state index in [1.165, 1.54) is 18.9 Å². The molecule has 1 saturated heterocycles. The van der Waals surface area contributed by atoms with Gasteiger partial charge in [0.1, 0.15) is 10.8 Å². The van der Waals surface area contributed by atoms with Crippen LogP contribution in [-0.4, -0.2) is 34.5 Å². The van der Waals surface area contributed by atoms with E-state index in [0.717, 1.165) is 37.3 Å². The van der Waals surface area contributed by atoms with E-state index in [4.69, 9.17) is 0 Å². The van der Waals surface area contributed by atoms with Gasteiger partial charge in [0.25, 0.3) is 5.91 Å². The number of rotatable bonds is 9. The summed E-state index contributed by atoms with van der Waals surface area (Å²) in [5, 5.41) is 7.80. The van der Waals surface area contributed by atoms with E-state index in [1.54, 1.807) is 6.07 Å². The maximum absolute atomic E-state index is 14.5. The maximum atomic E-state index is 14.5. The molecular formula is C29H44FN5OS. The highest BCUT2D eigenvalue weighted by Gasteiger charge is 2.32. The molecule has 6 nitrogen and oxygen atoms in total. The van der Waals surface area contributed by atoms with Crippen LogP contribution in [0, 0.1) is 23.2 Å². The lowest BCUT2D eigenvalue weighted by molar-refractivity contribution is 0.0979. The fraction of sp³-hybridized carbons (Fsp3) is 0.621. The van der Waals surface area contributed by atoms with Crippen molar-refractivity contribution in [3.05, 3.63) is 47.5 Å². The summed E-state index contributed by atoms with van der Waals surface area (Å²) in [5.74, 6) is 0.686. The molecule has 0 saturated carbocycles. The second kappa shape index (κ2) is 11.7. The molecule has 1 fully saturated rings. The molecule has 37 heavy (non-hydrogen) atoms. The van der Waals surface area contributed by atoms with Crippen molar-refractivity contribution in [3.8, 4) is 0 Å².